The summed E-state index contributed by atoms with van der Waals surface area (Å²) in [6, 6.07) is 16.7. The second-order valence-electron chi connectivity index (χ2n) is 6.05. The van der Waals surface area contributed by atoms with Gasteiger partial charge in [-0.25, -0.2) is 0 Å². The molecule has 0 spiro atoms. The number of aromatic nitrogens is 1. The monoisotopic (exact) mass is 342 g/mol. The second kappa shape index (κ2) is 7.49. The number of rotatable bonds is 4. The molecule has 0 fully saturated rings. The lowest BCUT2D eigenvalue weighted by molar-refractivity contribution is 0.102. The molecule has 0 atom stereocenters. The van der Waals surface area contributed by atoms with Crippen LogP contribution in [0.1, 0.15) is 27.0 Å². The van der Waals surface area contributed by atoms with E-state index in [9.17, 15) is 4.79 Å². The topological polar surface area (TPSA) is 77.8 Å². The summed E-state index contributed by atoms with van der Waals surface area (Å²) in [6.07, 6.45) is 3.18. The maximum atomic E-state index is 12.5. The first-order valence-electron chi connectivity index (χ1n) is 8.16. The highest BCUT2D eigenvalue weighted by atomic mass is 16.1. The predicted molar refractivity (Wildman–Crippen MR) is 103 cm³/mol. The second-order valence-corrected chi connectivity index (χ2v) is 6.05. The summed E-state index contributed by atoms with van der Waals surface area (Å²) in [7, 11) is 0. The third-order valence-electron chi connectivity index (χ3n) is 3.91. The van der Waals surface area contributed by atoms with Crippen molar-refractivity contribution in [3.05, 3.63) is 83.2 Å². The minimum Gasteiger partial charge on any atom is -0.354 e. The zero-order valence-corrected chi connectivity index (χ0v) is 14.6. The Balaban J connectivity index is 1.78. The van der Waals surface area contributed by atoms with Crippen molar-refractivity contribution in [1.29, 1.82) is 5.26 Å². The van der Waals surface area contributed by atoms with Gasteiger partial charge in [-0.05, 0) is 49.7 Å². The number of pyridine rings is 1. The molecule has 0 bridgehead atoms. The van der Waals surface area contributed by atoms with Crippen molar-refractivity contribution in [2.75, 3.05) is 10.6 Å². The molecule has 1 heterocycles. The van der Waals surface area contributed by atoms with Gasteiger partial charge in [0.2, 0.25) is 0 Å². The Labute approximate surface area is 152 Å². The van der Waals surface area contributed by atoms with Crippen LogP contribution in [0, 0.1) is 25.2 Å². The molecular formula is C21H18N4O. The molecule has 128 valence electrons. The van der Waals surface area contributed by atoms with Crippen LogP contribution in [0.2, 0.25) is 0 Å². The maximum Gasteiger partial charge on any atom is 0.257 e. The van der Waals surface area contributed by atoms with Crippen molar-refractivity contribution >= 4 is 23.0 Å². The third kappa shape index (κ3) is 4.05. The summed E-state index contributed by atoms with van der Waals surface area (Å²) >= 11 is 0. The van der Waals surface area contributed by atoms with Gasteiger partial charge in [-0.15, -0.1) is 0 Å². The number of anilines is 3. The van der Waals surface area contributed by atoms with Crippen LogP contribution in [0.4, 0.5) is 17.1 Å². The summed E-state index contributed by atoms with van der Waals surface area (Å²) in [5, 5.41) is 15.0. The average molecular weight is 342 g/mol. The summed E-state index contributed by atoms with van der Waals surface area (Å²) < 4.78 is 0. The van der Waals surface area contributed by atoms with E-state index in [1.165, 1.54) is 11.8 Å². The highest BCUT2D eigenvalue weighted by Gasteiger charge is 2.09. The van der Waals surface area contributed by atoms with Gasteiger partial charge in [0.25, 0.3) is 5.91 Å². The van der Waals surface area contributed by atoms with Crippen molar-refractivity contribution in [3.8, 4) is 6.07 Å². The standard InChI is InChI=1S/C21H18N4O/c1-14-6-7-20(15(2)8-14)24-19-10-17(12-23-13-19)21(26)25-18-5-3-4-16(9-18)11-22/h3-10,12-13,24H,1-2H3,(H,25,26). The van der Waals surface area contributed by atoms with Gasteiger partial charge in [0.05, 0.1) is 29.1 Å². The number of benzene rings is 2. The molecule has 5 heteroatoms. The van der Waals surface area contributed by atoms with Gasteiger partial charge in [-0.1, -0.05) is 23.8 Å². The number of nitrogens with one attached hydrogen (secondary N) is 2. The van der Waals surface area contributed by atoms with E-state index >= 15 is 0 Å². The molecule has 0 aliphatic heterocycles. The van der Waals surface area contributed by atoms with E-state index < -0.39 is 0 Å². The van der Waals surface area contributed by atoms with Crippen LogP contribution in [-0.2, 0) is 0 Å². The molecule has 1 amide bonds. The van der Waals surface area contributed by atoms with Crippen molar-refractivity contribution in [2.24, 2.45) is 0 Å². The molecule has 0 radical (unpaired) electrons. The minimum absolute atomic E-state index is 0.281. The molecule has 0 unspecified atom stereocenters. The SMILES string of the molecule is Cc1ccc(Nc2cncc(C(=O)Nc3cccc(C#N)c3)c2)c(C)c1. The van der Waals surface area contributed by atoms with Crippen LogP contribution < -0.4 is 10.6 Å². The van der Waals surface area contributed by atoms with Crippen LogP contribution in [0.3, 0.4) is 0 Å². The molecule has 0 aliphatic rings. The molecule has 1 aromatic heterocycles. The van der Waals surface area contributed by atoms with Gasteiger partial charge in [0.15, 0.2) is 0 Å². The molecule has 0 saturated heterocycles. The normalized spacial score (nSPS) is 10.0. The minimum atomic E-state index is -0.281. The summed E-state index contributed by atoms with van der Waals surface area (Å²) in [5.41, 5.74) is 5.51. The highest BCUT2D eigenvalue weighted by Crippen LogP contribution is 2.22. The quantitative estimate of drug-likeness (QED) is 0.728. The number of hydrogen-bond donors (Lipinski definition) is 2. The summed E-state index contributed by atoms with van der Waals surface area (Å²) in [5.74, 6) is -0.281. The lowest BCUT2D eigenvalue weighted by atomic mass is 10.1. The number of nitriles is 1. The van der Waals surface area contributed by atoms with E-state index in [4.69, 9.17) is 5.26 Å². The lowest BCUT2D eigenvalue weighted by Crippen LogP contribution is -2.12. The Kier molecular flexibility index (Phi) is 4.95. The van der Waals surface area contributed by atoms with E-state index in [-0.39, 0.29) is 5.91 Å². The Morgan fingerprint density at radius 3 is 2.65 bits per heavy atom. The maximum absolute atomic E-state index is 12.5. The fourth-order valence-electron chi connectivity index (χ4n) is 2.61. The average Bonchev–Trinajstić information content (AvgIpc) is 2.64. The first kappa shape index (κ1) is 17.2. The summed E-state index contributed by atoms with van der Waals surface area (Å²) in [4.78, 5) is 16.6. The fraction of sp³-hybridized carbons (Fsp3) is 0.0952. The molecule has 3 rings (SSSR count). The van der Waals surface area contributed by atoms with Gasteiger partial charge in [-0.2, -0.15) is 5.26 Å². The van der Waals surface area contributed by atoms with Crippen LogP contribution >= 0.6 is 0 Å². The van der Waals surface area contributed by atoms with Crippen LogP contribution in [-0.4, -0.2) is 10.9 Å². The highest BCUT2D eigenvalue weighted by molar-refractivity contribution is 6.04. The summed E-state index contributed by atoms with van der Waals surface area (Å²) in [6.45, 7) is 4.08. The van der Waals surface area contributed by atoms with Gasteiger partial charge >= 0.3 is 0 Å². The van der Waals surface area contributed by atoms with Crippen LogP contribution in [0.25, 0.3) is 0 Å². The molecule has 26 heavy (non-hydrogen) atoms. The van der Waals surface area contributed by atoms with Crippen LogP contribution in [0.15, 0.2) is 60.9 Å². The zero-order valence-electron chi connectivity index (χ0n) is 14.6. The first-order chi connectivity index (χ1) is 12.5. The largest absolute Gasteiger partial charge is 0.354 e. The smallest absolute Gasteiger partial charge is 0.257 e. The number of nitrogens with zero attached hydrogens (tertiary/aromatic N) is 2. The Morgan fingerprint density at radius 1 is 1.04 bits per heavy atom. The number of carbonyl (C=O) groups is 1. The predicted octanol–water partition coefficient (Wildman–Crippen LogP) is 4.57. The molecule has 0 aliphatic carbocycles. The molecule has 2 N–H and O–H groups in total. The van der Waals surface area contributed by atoms with E-state index in [1.807, 2.05) is 26.0 Å². The van der Waals surface area contributed by atoms with Gasteiger partial charge in [0.1, 0.15) is 0 Å². The first-order valence-corrected chi connectivity index (χ1v) is 8.16. The number of carbonyl (C=O) groups excluding carboxylic acids is 1. The fourth-order valence-corrected chi connectivity index (χ4v) is 2.61. The van der Waals surface area contributed by atoms with E-state index in [0.717, 1.165) is 16.9 Å². The van der Waals surface area contributed by atoms with E-state index in [0.29, 0.717) is 16.8 Å². The third-order valence-corrected chi connectivity index (χ3v) is 3.91. The molecule has 3 aromatic rings. The van der Waals surface area contributed by atoms with Crippen molar-refractivity contribution in [1.82, 2.24) is 4.98 Å². The Hall–Kier alpha value is -3.65. The number of hydrogen-bond acceptors (Lipinski definition) is 4. The van der Waals surface area contributed by atoms with E-state index in [1.54, 1.807) is 36.5 Å². The Bertz CT molecular complexity index is 1000. The molecule has 2 aromatic carbocycles. The van der Waals surface area contributed by atoms with Gasteiger partial charge in [0, 0.05) is 17.6 Å². The van der Waals surface area contributed by atoms with Gasteiger partial charge in [-0.3, -0.25) is 9.78 Å². The molecule has 5 nitrogen and oxygen atoms in total. The molecule has 0 saturated carbocycles. The van der Waals surface area contributed by atoms with Crippen molar-refractivity contribution in [3.63, 3.8) is 0 Å². The van der Waals surface area contributed by atoms with Crippen molar-refractivity contribution in [2.45, 2.75) is 13.8 Å². The number of aryl methyl sites for hydroxylation is 2. The Morgan fingerprint density at radius 2 is 1.88 bits per heavy atom. The molecular weight excluding hydrogens is 324 g/mol. The number of amides is 1. The zero-order chi connectivity index (χ0) is 18.5. The van der Waals surface area contributed by atoms with E-state index in [2.05, 4.69) is 27.8 Å². The lowest BCUT2D eigenvalue weighted by Gasteiger charge is -2.11. The van der Waals surface area contributed by atoms with Gasteiger partial charge < -0.3 is 10.6 Å². The van der Waals surface area contributed by atoms with Crippen LogP contribution in [0.5, 0.6) is 0 Å². The van der Waals surface area contributed by atoms with Crippen molar-refractivity contribution < 1.29 is 4.79 Å².